The zero-order chi connectivity index (χ0) is 20.3. The fourth-order valence-electron chi connectivity index (χ4n) is 2.68. The van der Waals surface area contributed by atoms with Gasteiger partial charge in [0.05, 0.1) is 18.1 Å². The molecule has 2 N–H and O–H groups in total. The molecule has 1 aliphatic heterocycles. The maximum absolute atomic E-state index is 13.9. The van der Waals surface area contributed by atoms with Gasteiger partial charge < -0.3 is 15.6 Å². The second-order valence-electron chi connectivity index (χ2n) is 5.80. The maximum atomic E-state index is 13.9. The largest absolute Gasteiger partial charge is 0.337 e. The van der Waals surface area contributed by atoms with E-state index in [-0.39, 0.29) is 35.5 Å². The molecule has 1 aliphatic rings. The van der Waals surface area contributed by atoms with Crippen molar-refractivity contribution in [1.82, 2.24) is 20.0 Å². The minimum absolute atomic E-state index is 0.0366. The molecule has 2 heterocycles. The van der Waals surface area contributed by atoms with E-state index in [2.05, 4.69) is 10.4 Å². The van der Waals surface area contributed by atoms with Crippen LogP contribution in [0.3, 0.4) is 0 Å². The molecule has 7 nitrogen and oxygen atoms in total. The number of amides is 2. The van der Waals surface area contributed by atoms with Gasteiger partial charge in [-0.25, -0.2) is 9.07 Å². The van der Waals surface area contributed by atoms with Gasteiger partial charge >= 0.3 is 0 Å². The Balaban J connectivity index is 2.13. The second-order valence-corrected chi connectivity index (χ2v) is 6.49. The first kappa shape index (κ1) is 19.8. The summed E-state index contributed by atoms with van der Waals surface area (Å²) in [5, 5.41) is 14.6. The lowest BCUT2D eigenvalue weighted by Gasteiger charge is -2.10. The van der Waals surface area contributed by atoms with Crippen LogP contribution < -0.4 is 5.32 Å². The third-order valence-corrected chi connectivity index (χ3v) is 4.27. The van der Waals surface area contributed by atoms with Gasteiger partial charge in [0.25, 0.3) is 5.91 Å². The van der Waals surface area contributed by atoms with Crippen molar-refractivity contribution in [2.75, 3.05) is 13.2 Å². The summed E-state index contributed by atoms with van der Waals surface area (Å²) in [5.41, 5.74) is 2.28. The van der Waals surface area contributed by atoms with E-state index in [9.17, 15) is 14.0 Å². The molecular weight excluding hydrogens is 408 g/mol. The van der Waals surface area contributed by atoms with Crippen LogP contribution in [0, 0.1) is 11.2 Å². The highest BCUT2D eigenvalue weighted by atomic mass is 35.5. The van der Waals surface area contributed by atoms with Crippen LogP contribution >= 0.6 is 23.2 Å². The van der Waals surface area contributed by atoms with Crippen molar-refractivity contribution in [2.24, 2.45) is 0 Å². The van der Waals surface area contributed by atoms with Gasteiger partial charge in [-0.1, -0.05) is 23.2 Å². The van der Waals surface area contributed by atoms with Crippen molar-refractivity contribution in [3.63, 3.8) is 0 Å². The van der Waals surface area contributed by atoms with Gasteiger partial charge in [0.15, 0.2) is 5.69 Å². The number of nitrogens with zero attached hydrogens (tertiary/aromatic N) is 3. The summed E-state index contributed by atoms with van der Waals surface area (Å²) in [6, 6.07) is 5.38. The number of carbonyl (C=O) groups excluding carboxylic acids is 2. The number of benzene rings is 1. The van der Waals surface area contributed by atoms with Crippen molar-refractivity contribution < 1.29 is 14.0 Å². The minimum atomic E-state index is -0.557. The lowest BCUT2D eigenvalue weighted by Crippen LogP contribution is -2.30. The highest BCUT2D eigenvalue weighted by Crippen LogP contribution is 2.27. The molecule has 1 saturated heterocycles. The molecule has 1 aromatic carbocycles. The van der Waals surface area contributed by atoms with Crippen LogP contribution in [0.2, 0.25) is 5.02 Å². The molecule has 0 bridgehead atoms. The monoisotopic (exact) mass is 421 g/mol. The zero-order valence-electron chi connectivity index (χ0n) is 14.3. The van der Waals surface area contributed by atoms with E-state index in [1.54, 1.807) is 0 Å². The maximum Gasteiger partial charge on any atom is 0.276 e. The van der Waals surface area contributed by atoms with E-state index in [4.69, 9.17) is 28.6 Å². The third kappa shape index (κ3) is 4.13. The molecule has 0 unspecified atom stereocenters. The minimum Gasteiger partial charge on any atom is -0.337 e. The first-order valence-corrected chi connectivity index (χ1v) is 8.84. The van der Waals surface area contributed by atoms with E-state index >= 15 is 0 Å². The molecule has 2 amide bonds. The summed E-state index contributed by atoms with van der Waals surface area (Å²) in [5.74, 6) is -1.30. The van der Waals surface area contributed by atoms with Crippen LogP contribution in [0.5, 0.6) is 0 Å². The van der Waals surface area contributed by atoms with E-state index in [0.717, 1.165) is 12.3 Å². The average molecular weight is 422 g/mol. The van der Waals surface area contributed by atoms with Crippen LogP contribution in [0.25, 0.3) is 17.0 Å². The van der Waals surface area contributed by atoms with Gasteiger partial charge in [-0.3, -0.25) is 9.59 Å². The van der Waals surface area contributed by atoms with Crippen molar-refractivity contribution in [3.8, 4) is 11.3 Å². The molecule has 0 atom stereocenters. The summed E-state index contributed by atoms with van der Waals surface area (Å²) in [6.45, 7) is 0.00295. The molecule has 0 radical (unpaired) electrons. The molecule has 0 spiro atoms. The van der Waals surface area contributed by atoms with Gasteiger partial charge in [-0.05, 0) is 36.4 Å². The van der Waals surface area contributed by atoms with Crippen LogP contribution in [-0.2, 0) is 4.79 Å². The van der Waals surface area contributed by atoms with Crippen molar-refractivity contribution in [2.45, 2.75) is 0 Å². The average Bonchev–Trinajstić information content (AvgIpc) is 3.28. The summed E-state index contributed by atoms with van der Waals surface area (Å²) < 4.78 is 15.2. The second kappa shape index (κ2) is 8.37. The van der Waals surface area contributed by atoms with Gasteiger partial charge in [0.1, 0.15) is 12.4 Å². The normalized spacial score (nSPS) is 14.6. The Bertz CT molecular complexity index is 995. The molecule has 0 saturated carbocycles. The van der Waals surface area contributed by atoms with Crippen molar-refractivity contribution in [3.05, 3.63) is 58.5 Å². The summed E-state index contributed by atoms with van der Waals surface area (Å²) in [7, 11) is 0. The first-order valence-electron chi connectivity index (χ1n) is 8.03. The predicted octanol–water partition coefficient (Wildman–Crippen LogP) is 3.12. The Kier molecular flexibility index (Phi) is 5.91. The Morgan fingerprint density at radius 3 is 2.71 bits per heavy atom. The first-order chi connectivity index (χ1) is 13.4. The van der Waals surface area contributed by atoms with E-state index in [1.807, 2.05) is 0 Å². The van der Waals surface area contributed by atoms with Crippen molar-refractivity contribution in [1.29, 1.82) is 5.41 Å². The van der Waals surface area contributed by atoms with Crippen LogP contribution in [0.1, 0.15) is 10.5 Å². The Labute approximate surface area is 169 Å². The SMILES string of the molecule is N=C/C(=C\C=C\Cl)n1nc(C(=O)N2CNC(=O)C2)cc1-c1cc(F)cc(Cl)c1. The number of hydrogen-bond acceptors (Lipinski definition) is 4. The third-order valence-electron chi connectivity index (χ3n) is 3.91. The Morgan fingerprint density at radius 1 is 1.32 bits per heavy atom. The molecule has 28 heavy (non-hydrogen) atoms. The molecular formula is C18H14Cl2FN5O2. The fourth-order valence-corrected chi connectivity index (χ4v) is 2.97. The molecule has 3 rings (SSSR count). The summed E-state index contributed by atoms with van der Waals surface area (Å²) >= 11 is 11.5. The molecule has 144 valence electrons. The van der Waals surface area contributed by atoms with Gasteiger partial charge in [-0.15, -0.1) is 0 Å². The number of carbonyl (C=O) groups is 2. The molecule has 1 aromatic heterocycles. The summed E-state index contributed by atoms with van der Waals surface area (Å²) in [6.07, 6.45) is 4.01. The number of rotatable bonds is 5. The van der Waals surface area contributed by atoms with Crippen LogP contribution in [-0.4, -0.2) is 45.9 Å². The number of aromatic nitrogens is 2. The van der Waals surface area contributed by atoms with Crippen molar-refractivity contribution >= 4 is 46.9 Å². The standard InChI is InChI=1S/C18H14Cl2FN5O2/c19-3-1-2-14(8-22)26-16(11-4-12(20)6-13(21)5-11)7-15(24-26)18(28)25-9-17(27)23-10-25/h1-8,22H,9-10H2,(H,23,27)/b3-1+,14-2+,22-8?. The Hall–Kier alpha value is -2.97. The van der Waals surface area contributed by atoms with E-state index in [0.29, 0.717) is 11.3 Å². The lowest BCUT2D eigenvalue weighted by molar-refractivity contribution is -0.118. The quantitative estimate of drug-likeness (QED) is 0.573. The van der Waals surface area contributed by atoms with Gasteiger partial charge in [-0.2, -0.15) is 5.10 Å². The number of allylic oxidation sites excluding steroid dienone is 3. The highest BCUT2D eigenvalue weighted by Gasteiger charge is 2.27. The Morgan fingerprint density at radius 2 is 2.11 bits per heavy atom. The summed E-state index contributed by atoms with van der Waals surface area (Å²) in [4.78, 5) is 25.4. The highest BCUT2D eigenvalue weighted by molar-refractivity contribution is 6.30. The molecule has 1 fully saturated rings. The smallest absolute Gasteiger partial charge is 0.276 e. The zero-order valence-corrected chi connectivity index (χ0v) is 15.8. The van der Waals surface area contributed by atoms with E-state index < -0.39 is 11.7 Å². The molecule has 0 aliphatic carbocycles. The molecule has 2 aromatic rings. The topological polar surface area (TPSA) is 91.1 Å². The lowest BCUT2D eigenvalue weighted by atomic mass is 10.1. The predicted molar refractivity (Wildman–Crippen MR) is 105 cm³/mol. The van der Waals surface area contributed by atoms with Crippen LogP contribution in [0.4, 0.5) is 4.39 Å². The number of nitrogens with one attached hydrogen (secondary N) is 2. The number of halogens is 3. The van der Waals surface area contributed by atoms with Gasteiger partial charge in [0, 0.05) is 22.3 Å². The van der Waals surface area contributed by atoms with Gasteiger partial charge in [0.2, 0.25) is 5.91 Å². The van der Waals surface area contributed by atoms with Crippen LogP contribution in [0.15, 0.2) is 42.0 Å². The fraction of sp³-hybridized carbons (Fsp3) is 0.111. The molecule has 10 heteroatoms. The van der Waals surface area contributed by atoms with E-state index in [1.165, 1.54) is 45.5 Å². The number of hydrogen-bond donors (Lipinski definition) is 2.